The van der Waals surface area contributed by atoms with E-state index in [1.165, 1.54) is 0 Å². The van der Waals surface area contributed by atoms with E-state index in [-0.39, 0.29) is 5.91 Å². The number of halogens is 1. The van der Waals surface area contributed by atoms with Crippen LogP contribution in [-0.2, 0) is 0 Å². The minimum atomic E-state index is -0.0645. The first-order chi connectivity index (χ1) is 9.36. The van der Waals surface area contributed by atoms with Crippen LogP contribution in [0.5, 0.6) is 0 Å². The highest BCUT2D eigenvalue weighted by molar-refractivity contribution is 9.10. The zero-order chi connectivity index (χ0) is 14.9. The van der Waals surface area contributed by atoms with Gasteiger partial charge in [-0.2, -0.15) is 0 Å². The van der Waals surface area contributed by atoms with Gasteiger partial charge in [-0.3, -0.25) is 4.79 Å². The smallest absolute Gasteiger partial charge is 0.255 e. The van der Waals surface area contributed by atoms with Gasteiger partial charge in [0, 0.05) is 15.7 Å². The monoisotopic (exact) mass is 331 g/mol. The molecular formula is C17H18BrNO. The van der Waals surface area contributed by atoms with Crippen LogP contribution in [0.25, 0.3) is 0 Å². The summed E-state index contributed by atoms with van der Waals surface area (Å²) in [6.07, 6.45) is 0. The highest BCUT2D eigenvalue weighted by Crippen LogP contribution is 2.25. The van der Waals surface area contributed by atoms with Crippen molar-refractivity contribution >= 4 is 27.5 Å². The van der Waals surface area contributed by atoms with Crippen molar-refractivity contribution in [3.05, 3.63) is 62.6 Å². The fraction of sp³-hybridized carbons (Fsp3) is 0.235. The second kappa shape index (κ2) is 5.80. The van der Waals surface area contributed by atoms with Crippen LogP contribution in [0.4, 0.5) is 5.69 Å². The molecule has 0 bridgehead atoms. The molecule has 0 aromatic heterocycles. The summed E-state index contributed by atoms with van der Waals surface area (Å²) in [6.45, 7) is 7.99. The number of amides is 1. The molecule has 0 heterocycles. The van der Waals surface area contributed by atoms with Crippen molar-refractivity contribution in [3.63, 3.8) is 0 Å². The maximum Gasteiger partial charge on any atom is 0.255 e. The third-order valence-corrected chi connectivity index (χ3v) is 3.68. The van der Waals surface area contributed by atoms with E-state index in [1.54, 1.807) is 0 Å². The van der Waals surface area contributed by atoms with E-state index in [0.29, 0.717) is 5.56 Å². The fourth-order valence-corrected chi connectivity index (χ4v) is 3.09. The molecule has 2 aromatic carbocycles. The Balaban J connectivity index is 2.32. The summed E-state index contributed by atoms with van der Waals surface area (Å²) in [7, 11) is 0. The minimum absolute atomic E-state index is 0.0645. The second-order valence-electron chi connectivity index (χ2n) is 5.25. The number of aryl methyl sites for hydroxylation is 4. The minimum Gasteiger partial charge on any atom is -0.322 e. The molecule has 0 spiro atoms. The molecule has 1 amide bonds. The molecule has 0 saturated heterocycles. The van der Waals surface area contributed by atoms with Crippen molar-refractivity contribution < 1.29 is 4.79 Å². The van der Waals surface area contributed by atoms with Crippen molar-refractivity contribution in [1.29, 1.82) is 0 Å². The average Bonchev–Trinajstić information content (AvgIpc) is 2.32. The van der Waals surface area contributed by atoms with Crippen molar-refractivity contribution in [2.24, 2.45) is 0 Å². The highest BCUT2D eigenvalue weighted by Gasteiger charge is 2.11. The van der Waals surface area contributed by atoms with E-state index in [0.717, 1.165) is 32.4 Å². The number of nitrogens with one attached hydrogen (secondary N) is 1. The maximum absolute atomic E-state index is 12.4. The molecule has 0 atom stereocenters. The lowest BCUT2D eigenvalue weighted by atomic mass is 10.1. The summed E-state index contributed by atoms with van der Waals surface area (Å²) in [6, 6.07) is 9.89. The Kier molecular flexibility index (Phi) is 4.29. The lowest BCUT2D eigenvalue weighted by Gasteiger charge is -2.13. The molecule has 0 aliphatic heterocycles. The van der Waals surface area contributed by atoms with Crippen LogP contribution < -0.4 is 5.32 Å². The van der Waals surface area contributed by atoms with E-state index in [9.17, 15) is 4.79 Å². The van der Waals surface area contributed by atoms with Gasteiger partial charge >= 0.3 is 0 Å². The van der Waals surface area contributed by atoms with E-state index < -0.39 is 0 Å². The van der Waals surface area contributed by atoms with Crippen LogP contribution in [-0.4, -0.2) is 5.91 Å². The number of hydrogen-bond acceptors (Lipinski definition) is 1. The number of anilines is 1. The molecular weight excluding hydrogens is 314 g/mol. The number of carbonyl (C=O) groups is 1. The van der Waals surface area contributed by atoms with Gasteiger partial charge in [0.2, 0.25) is 0 Å². The van der Waals surface area contributed by atoms with Gasteiger partial charge in [-0.1, -0.05) is 33.1 Å². The number of carbonyl (C=O) groups excluding carboxylic acids is 1. The highest BCUT2D eigenvalue weighted by atomic mass is 79.9. The summed E-state index contributed by atoms with van der Waals surface area (Å²) in [4.78, 5) is 12.4. The van der Waals surface area contributed by atoms with Crippen LogP contribution >= 0.6 is 15.9 Å². The first-order valence-corrected chi connectivity index (χ1v) is 7.32. The Morgan fingerprint density at radius 1 is 0.900 bits per heavy atom. The molecule has 20 heavy (non-hydrogen) atoms. The van der Waals surface area contributed by atoms with Gasteiger partial charge in [-0.05, 0) is 63.1 Å². The summed E-state index contributed by atoms with van der Waals surface area (Å²) < 4.78 is 1.02. The van der Waals surface area contributed by atoms with Gasteiger partial charge in [0.15, 0.2) is 0 Å². The standard InChI is InChI=1S/C17H18BrNO/c1-10-5-11(2)7-14(6-10)17(20)19-16-12(3)8-15(18)9-13(16)4/h5-9H,1-4H3,(H,19,20). The Bertz CT molecular complexity index is 633. The molecule has 1 N–H and O–H groups in total. The van der Waals surface area contributed by atoms with Crippen LogP contribution in [0.2, 0.25) is 0 Å². The van der Waals surface area contributed by atoms with Gasteiger partial charge < -0.3 is 5.32 Å². The first kappa shape index (κ1) is 14.8. The van der Waals surface area contributed by atoms with Crippen molar-refractivity contribution in [2.45, 2.75) is 27.7 Å². The number of rotatable bonds is 2. The molecule has 0 aliphatic rings. The quantitative estimate of drug-likeness (QED) is 0.830. The summed E-state index contributed by atoms with van der Waals surface area (Å²) in [5.41, 5.74) is 5.88. The Labute approximate surface area is 128 Å². The largest absolute Gasteiger partial charge is 0.322 e. The van der Waals surface area contributed by atoms with Gasteiger partial charge in [-0.25, -0.2) is 0 Å². The summed E-state index contributed by atoms with van der Waals surface area (Å²) >= 11 is 3.46. The third kappa shape index (κ3) is 3.28. The molecule has 104 valence electrons. The van der Waals surface area contributed by atoms with Gasteiger partial charge in [0.1, 0.15) is 0 Å². The van der Waals surface area contributed by atoms with Crippen molar-refractivity contribution in [2.75, 3.05) is 5.32 Å². The Hall–Kier alpha value is -1.61. The van der Waals surface area contributed by atoms with Crippen LogP contribution in [0.15, 0.2) is 34.8 Å². The van der Waals surface area contributed by atoms with Gasteiger partial charge in [-0.15, -0.1) is 0 Å². The van der Waals surface area contributed by atoms with E-state index in [2.05, 4.69) is 27.3 Å². The molecule has 3 heteroatoms. The molecule has 0 unspecified atom stereocenters. The SMILES string of the molecule is Cc1cc(C)cc(C(=O)Nc2c(C)cc(Br)cc2C)c1. The predicted octanol–water partition coefficient (Wildman–Crippen LogP) is 4.94. The third-order valence-electron chi connectivity index (χ3n) is 3.22. The van der Waals surface area contributed by atoms with Crippen molar-refractivity contribution in [1.82, 2.24) is 0 Å². The molecule has 0 aliphatic carbocycles. The van der Waals surface area contributed by atoms with Crippen LogP contribution in [0, 0.1) is 27.7 Å². The second-order valence-corrected chi connectivity index (χ2v) is 6.16. The Morgan fingerprint density at radius 3 is 1.90 bits per heavy atom. The summed E-state index contributed by atoms with van der Waals surface area (Å²) in [5.74, 6) is -0.0645. The maximum atomic E-state index is 12.4. The topological polar surface area (TPSA) is 29.1 Å². The molecule has 2 rings (SSSR count). The van der Waals surface area contributed by atoms with E-state index >= 15 is 0 Å². The van der Waals surface area contributed by atoms with Crippen molar-refractivity contribution in [3.8, 4) is 0 Å². The predicted molar refractivity (Wildman–Crippen MR) is 87.5 cm³/mol. The van der Waals surface area contributed by atoms with Gasteiger partial charge in [0.25, 0.3) is 5.91 Å². The number of hydrogen-bond donors (Lipinski definition) is 1. The lowest BCUT2D eigenvalue weighted by Crippen LogP contribution is -2.14. The zero-order valence-corrected chi connectivity index (χ0v) is 13.8. The van der Waals surface area contributed by atoms with Crippen LogP contribution in [0.3, 0.4) is 0 Å². The summed E-state index contributed by atoms with van der Waals surface area (Å²) in [5, 5.41) is 3.02. The molecule has 0 saturated carbocycles. The normalized spacial score (nSPS) is 10.4. The Morgan fingerprint density at radius 2 is 1.40 bits per heavy atom. The zero-order valence-electron chi connectivity index (χ0n) is 12.2. The molecule has 0 radical (unpaired) electrons. The van der Waals surface area contributed by atoms with E-state index in [4.69, 9.17) is 0 Å². The average molecular weight is 332 g/mol. The molecule has 0 fully saturated rings. The first-order valence-electron chi connectivity index (χ1n) is 6.53. The molecule has 2 nitrogen and oxygen atoms in total. The number of benzene rings is 2. The fourth-order valence-electron chi connectivity index (χ4n) is 2.40. The van der Waals surface area contributed by atoms with E-state index in [1.807, 2.05) is 52.0 Å². The van der Waals surface area contributed by atoms with Gasteiger partial charge in [0.05, 0.1) is 0 Å². The lowest BCUT2D eigenvalue weighted by molar-refractivity contribution is 0.102. The molecule has 2 aromatic rings. The van der Waals surface area contributed by atoms with Crippen LogP contribution in [0.1, 0.15) is 32.6 Å².